The van der Waals surface area contributed by atoms with Crippen LogP contribution in [0, 0.1) is 13.8 Å². The van der Waals surface area contributed by atoms with Gasteiger partial charge < -0.3 is 4.74 Å². The van der Waals surface area contributed by atoms with E-state index in [9.17, 15) is 9.59 Å². The van der Waals surface area contributed by atoms with Gasteiger partial charge in [-0.2, -0.15) is 0 Å². The van der Waals surface area contributed by atoms with E-state index in [1.54, 1.807) is 9.36 Å². The van der Waals surface area contributed by atoms with Gasteiger partial charge in [-0.15, -0.1) is 0 Å². The SMILES string of the molecule is CCCCCCCOc1ccc(C(c2c(C)[nH]n(-c3ccccc3)c2=O)c2c(C)[nH]n(-c3ccccc3)c2=O)cc1. The second kappa shape index (κ2) is 12.8. The fourth-order valence-corrected chi connectivity index (χ4v) is 5.45. The molecule has 2 aromatic heterocycles. The smallest absolute Gasteiger partial charge is 0.275 e. The van der Waals surface area contributed by atoms with Crippen LogP contribution in [-0.2, 0) is 0 Å². The Hall–Kier alpha value is -4.52. The molecule has 5 rings (SSSR count). The number of nitrogens with one attached hydrogen (secondary N) is 2. The van der Waals surface area contributed by atoms with Crippen molar-refractivity contribution in [3.8, 4) is 17.1 Å². The van der Waals surface area contributed by atoms with E-state index >= 15 is 0 Å². The fourth-order valence-electron chi connectivity index (χ4n) is 5.45. The maximum absolute atomic E-state index is 14.0. The molecule has 3 aromatic carbocycles. The van der Waals surface area contributed by atoms with Gasteiger partial charge in [0.2, 0.25) is 0 Å². The lowest BCUT2D eigenvalue weighted by Crippen LogP contribution is -2.25. The molecule has 7 nitrogen and oxygen atoms in total. The van der Waals surface area contributed by atoms with E-state index in [1.807, 2.05) is 98.8 Å². The third-order valence-electron chi connectivity index (χ3n) is 7.57. The Bertz CT molecular complexity index is 1580. The summed E-state index contributed by atoms with van der Waals surface area (Å²) in [6.45, 7) is 6.65. The quantitative estimate of drug-likeness (QED) is 0.168. The second-order valence-corrected chi connectivity index (χ2v) is 10.5. The van der Waals surface area contributed by atoms with Gasteiger partial charge in [0.15, 0.2) is 0 Å². The maximum atomic E-state index is 14.0. The van der Waals surface area contributed by atoms with Gasteiger partial charge in [-0.05, 0) is 62.2 Å². The Balaban J connectivity index is 1.56. The number of aromatic amines is 2. The molecule has 0 amide bonds. The molecular formula is C34H38N4O3. The molecular weight excluding hydrogens is 512 g/mol. The van der Waals surface area contributed by atoms with E-state index in [2.05, 4.69) is 17.1 Å². The van der Waals surface area contributed by atoms with Crippen LogP contribution >= 0.6 is 0 Å². The van der Waals surface area contributed by atoms with Gasteiger partial charge in [0, 0.05) is 17.3 Å². The molecule has 0 aliphatic carbocycles. The molecule has 0 aliphatic heterocycles. The van der Waals surface area contributed by atoms with Crippen molar-refractivity contribution in [2.75, 3.05) is 6.61 Å². The van der Waals surface area contributed by atoms with Crippen LogP contribution in [0.1, 0.15) is 73.0 Å². The average molecular weight is 551 g/mol. The fraction of sp³-hybridized carbons (Fsp3) is 0.294. The van der Waals surface area contributed by atoms with Crippen LogP contribution in [0.15, 0.2) is 94.5 Å². The first-order valence-electron chi connectivity index (χ1n) is 14.5. The van der Waals surface area contributed by atoms with Crippen LogP contribution in [0.2, 0.25) is 0 Å². The highest BCUT2D eigenvalue weighted by Crippen LogP contribution is 2.33. The zero-order chi connectivity index (χ0) is 28.8. The van der Waals surface area contributed by atoms with Crippen molar-refractivity contribution in [2.45, 2.75) is 58.8 Å². The summed E-state index contributed by atoms with van der Waals surface area (Å²) in [5.74, 6) is 0.198. The Morgan fingerprint density at radius 1 is 0.659 bits per heavy atom. The van der Waals surface area contributed by atoms with Crippen LogP contribution < -0.4 is 15.9 Å². The Kier molecular flexibility index (Phi) is 8.73. The van der Waals surface area contributed by atoms with Crippen LogP contribution in [-0.4, -0.2) is 26.2 Å². The largest absolute Gasteiger partial charge is 0.494 e. The minimum atomic E-state index is -0.583. The van der Waals surface area contributed by atoms with Gasteiger partial charge in [0.1, 0.15) is 5.75 Å². The zero-order valence-corrected chi connectivity index (χ0v) is 24.0. The molecule has 0 saturated carbocycles. The molecule has 0 saturated heterocycles. The van der Waals surface area contributed by atoms with E-state index in [4.69, 9.17) is 4.74 Å². The van der Waals surface area contributed by atoms with Crippen molar-refractivity contribution in [1.29, 1.82) is 0 Å². The molecule has 7 heteroatoms. The Morgan fingerprint density at radius 3 is 1.63 bits per heavy atom. The highest BCUT2D eigenvalue weighted by molar-refractivity contribution is 5.48. The predicted octanol–water partition coefficient (Wildman–Crippen LogP) is 6.79. The molecule has 0 spiro atoms. The van der Waals surface area contributed by atoms with E-state index in [0.717, 1.165) is 35.5 Å². The van der Waals surface area contributed by atoms with Crippen molar-refractivity contribution < 1.29 is 4.74 Å². The standard InChI is InChI=1S/C34H38N4O3/c1-4-5-6-7-14-23-41-29-21-19-26(20-22-29)32(30-24(2)35-37(33(30)39)27-15-10-8-11-16-27)31-25(3)36-38(34(31)40)28-17-12-9-13-18-28/h8-13,15-22,32,35-36H,4-7,14,23H2,1-3H3. The van der Waals surface area contributed by atoms with Crippen LogP contribution in [0.5, 0.6) is 5.75 Å². The van der Waals surface area contributed by atoms with Crippen molar-refractivity contribution in [3.63, 3.8) is 0 Å². The van der Waals surface area contributed by atoms with Crippen LogP contribution in [0.25, 0.3) is 11.4 Å². The lowest BCUT2D eigenvalue weighted by Gasteiger charge is -2.16. The van der Waals surface area contributed by atoms with Crippen LogP contribution in [0.3, 0.4) is 0 Å². The summed E-state index contributed by atoms with van der Waals surface area (Å²) < 4.78 is 9.10. The monoisotopic (exact) mass is 550 g/mol. The number of nitrogens with zero attached hydrogens (tertiary/aromatic N) is 2. The number of hydrogen-bond donors (Lipinski definition) is 2. The number of para-hydroxylation sites is 2. The van der Waals surface area contributed by atoms with Gasteiger partial charge in [0.05, 0.1) is 29.1 Å². The van der Waals surface area contributed by atoms with E-state index < -0.39 is 5.92 Å². The molecule has 5 aromatic rings. The number of rotatable bonds is 12. The molecule has 212 valence electrons. The lowest BCUT2D eigenvalue weighted by molar-refractivity contribution is 0.304. The van der Waals surface area contributed by atoms with Gasteiger partial charge in [-0.1, -0.05) is 81.1 Å². The van der Waals surface area contributed by atoms with Crippen molar-refractivity contribution >= 4 is 0 Å². The number of benzene rings is 3. The average Bonchev–Trinajstić information content (AvgIpc) is 3.46. The number of unbranched alkanes of at least 4 members (excludes halogenated alkanes) is 4. The summed E-state index contributed by atoms with van der Waals surface area (Å²) >= 11 is 0. The number of ether oxygens (including phenoxy) is 1. The first kappa shape index (κ1) is 28.0. The van der Waals surface area contributed by atoms with Crippen molar-refractivity contribution in [1.82, 2.24) is 19.6 Å². The molecule has 0 radical (unpaired) electrons. The van der Waals surface area contributed by atoms with Gasteiger partial charge in [-0.3, -0.25) is 19.8 Å². The zero-order valence-electron chi connectivity index (χ0n) is 24.0. The Labute approximate surface area is 240 Å². The summed E-state index contributed by atoms with van der Waals surface area (Å²) in [7, 11) is 0. The van der Waals surface area contributed by atoms with E-state index in [1.165, 1.54) is 19.3 Å². The van der Waals surface area contributed by atoms with E-state index in [0.29, 0.717) is 29.1 Å². The third kappa shape index (κ3) is 5.99. The highest BCUT2D eigenvalue weighted by atomic mass is 16.5. The Morgan fingerprint density at radius 2 is 1.15 bits per heavy atom. The van der Waals surface area contributed by atoms with E-state index in [-0.39, 0.29) is 11.1 Å². The number of H-pyrrole nitrogens is 2. The van der Waals surface area contributed by atoms with Gasteiger partial charge >= 0.3 is 0 Å². The maximum Gasteiger partial charge on any atom is 0.275 e. The number of aromatic nitrogens is 4. The molecule has 0 atom stereocenters. The molecule has 0 unspecified atom stereocenters. The summed E-state index contributed by atoms with van der Waals surface area (Å²) in [4.78, 5) is 28.0. The summed E-state index contributed by atoms with van der Waals surface area (Å²) in [5.41, 5.74) is 4.45. The number of aryl methyl sites for hydroxylation is 2. The molecule has 0 bridgehead atoms. The molecule has 2 N–H and O–H groups in total. The summed E-state index contributed by atoms with van der Waals surface area (Å²) in [5, 5.41) is 6.49. The second-order valence-electron chi connectivity index (χ2n) is 10.5. The first-order chi connectivity index (χ1) is 20.0. The normalized spacial score (nSPS) is 11.3. The van der Waals surface area contributed by atoms with Gasteiger partial charge in [-0.25, -0.2) is 9.36 Å². The highest BCUT2D eigenvalue weighted by Gasteiger charge is 2.30. The number of hydrogen-bond acceptors (Lipinski definition) is 3. The third-order valence-corrected chi connectivity index (χ3v) is 7.57. The van der Waals surface area contributed by atoms with Gasteiger partial charge in [0.25, 0.3) is 11.1 Å². The minimum absolute atomic E-state index is 0.183. The molecule has 2 heterocycles. The molecule has 0 fully saturated rings. The topological polar surface area (TPSA) is 84.8 Å². The van der Waals surface area contributed by atoms with Crippen molar-refractivity contribution in [3.05, 3.63) is 134 Å². The lowest BCUT2D eigenvalue weighted by atomic mass is 9.85. The first-order valence-corrected chi connectivity index (χ1v) is 14.5. The minimum Gasteiger partial charge on any atom is -0.494 e. The van der Waals surface area contributed by atoms with Crippen LogP contribution in [0.4, 0.5) is 0 Å². The molecule has 41 heavy (non-hydrogen) atoms. The van der Waals surface area contributed by atoms with Crippen molar-refractivity contribution in [2.24, 2.45) is 0 Å². The predicted molar refractivity (Wildman–Crippen MR) is 164 cm³/mol. The summed E-state index contributed by atoms with van der Waals surface area (Å²) in [6, 6.07) is 26.7. The molecule has 0 aliphatic rings. The summed E-state index contributed by atoms with van der Waals surface area (Å²) in [6.07, 6.45) is 5.89.